The lowest BCUT2D eigenvalue weighted by molar-refractivity contribution is -0.116. The van der Waals surface area contributed by atoms with Crippen LogP contribution in [-0.2, 0) is 14.3 Å². The summed E-state index contributed by atoms with van der Waals surface area (Å²) in [6.45, 7) is 1.85. The van der Waals surface area contributed by atoms with Crippen LogP contribution in [0, 0.1) is 6.92 Å². The average molecular weight is 413 g/mol. The number of Topliss-reactive ketones (excluding diaryl/α,β-unsaturated/α-hetero) is 1. The average Bonchev–Trinajstić information content (AvgIpc) is 2.76. The monoisotopic (exact) mass is 413 g/mol. The Labute approximate surface area is 174 Å². The van der Waals surface area contributed by atoms with Crippen LogP contribution in [0.3, 0.4) is 0 Å². The van der Waals surface area contributed by atoms with Crippen LogP contribution in [0.2, 0.25) is 0 Å². The van der Waals surface area contributed by atoms with Crippen molar-refractivity contribution < 1.29 is 33.4 Å². The van der Waals surface area contributed by atoms with Crippen LogP contribution in [0.1, 0.15) is 49.5 Å². The maximum atomic E-state index is 12.5. The van der Waals surface area contributed by atoms with Gasteiger partial charge in [0.15, 0.2) is 5.78 Å². The molecule has 0 bridgehead atoms. The molecule has 0 aliphatic heterocycles. The Morgan fingerprint density at radius 1 is 0.833 bits per heavy atom. The largest absolute Gasteiger partial charge is 0.496 e. The quantitative estimate of drug-likeness (QED) is 0.523. The van der Waals surface area contributed by atoms with Crippen LogP contribution in [-0.4, -0.2) is 45.0 Å². The van der Waals surface area contributed by atoms with Crippen LogP contribution in [0.15, 0.2) is 36.4 Å². The minimum Gasteiger partial charge on any atom is -0.496 e. The third-order valence-corrected chi connectivity index (χ3v) is 4.35. The zero-order valence-corrected chi connectivity index (χ0v) is 17.2. The van der Waals surface area contributed by atoms with E-state index in [4.69, 9.17) is 9.47 Å². The number of hydrogen-bond acceptors (Lipinski definition) is 7. The third-order valence-electron chi connectivity index (χ3n) is 4.35. The zero-order valence-electron chi connectivity index (χ0n) is 17.2. The standard InChI is InChI=1S/C22H23NO7/c1-13-5-9-19(28-2)16(11-13)18(24)8-10-20(25)23-17-12-14(21(26)29-3)6-7-15(17)22(27)30-4/h5-7,9,11-12H,8,10H2,1-4H3,(H,23,25). The second-order valence-corrected chi connectivity index (χ2v) is 6.42. The number of rotatable bonds is 8. The Bertz CT molecular complexity index is 981. The van der Waals surface area contributed by atoms with E-state index in [1.54, 1.807) is 12.1 Å². The molecule has 0 heterocycles. The molecule has 0 saturated carbocycles. The van der Waals surface area contributed by atoms with Gasteiger partial charge in [-0.25, -0.2) is 9.59 Å². The van der Waals surface area contributed by atoms with Gasteiger partial charge in [0.2, 0.25) is 5.91 Å². The Hall–Kier alpha value is -3.68. The molecule has 2 aromatic carbocycles. The lowest BCUT2D eigenvalue weighted by Crippen LogP contribution is -2.17. The van der Waals surface area contributed by atoms with E-state index in [0.29, 0.717) is 11.3 Å². The zero-order chi connectivity index (χ0) is 22.3. The number of carbonyl (C=O) groups is 4. The fraction of sp³-hybridized carbons (Fsp3) is 0.273. The van der Waals surface area contributed by atoms with E-state index in [2.05, 4.69) is 10.1 Å². The lowest BCUT2D eigenvalue weighted by Gasteiger charge is -2.12. The van der Waals surface area contributed by atoms with Crippen LogP contribution in [0.25, 0.3) is 0 Å². The summed E-state index contributed by atoms with van der Waals surface area (Å²) in [6.07, 6.45) is -0.186. The van der Waals surface area contributed by atoms with E-state index in [1.807, 2.05) is 13.0 Å². The lowest BCUT2D eigenvalue weighted by atomic mass is 10.0. The minimum absolute atomic E-state index is 0.0596. The summed E-state index contributed by atoms with van der Waals surface area (Å²) in [4.78, 5) is 48.7. The molecule has 2 rings (SSSR count). The first-order chi connectivity index (χ1) is 14.3. The van der Waals surface area contributed by atoms with Crippen molar-refractivity contribution in [1.29, 1.82) is 0 Å². The number of hydrogen-bond donors (Lipinski definition) is 1. The summed E-state index contributed by atoms with van der Waals surface area (Å²) >= 11 is 0. The molecular weight excluding hydrogens is 390 g/mol. The Kier molecular flexibility index (Phi) is 7.69. The van der Waals surface area contributed by atoms with Gasteiger partial charge in [0.25, 0.3) is 0 Å². The van der Waals surface area contributed by atoms with E-state index in [9.17, 15) is 19.2 Å². The Balaban J connectivity index is 2.15. The molecule has 8 heteroatoms. The van der Waals surface area contributed by atoms with Crippen LogP contribution in [0.4, 0.5) is 5.69 Å². The maximum Gasteiger partial charge on any atom is 0.339 e. The molecular formula is C22H23NO7. The summed E-state index contributed by atoms with van der Waals surface area (Å²) in [5.41, 5.74) is 1.61. The topological polar surface area (TPSA) is 108 Å². The van der Waals surface area contributed by atoms with Gasteiger partial charge >= 0.3 is 11.9 Å². The minimum atomic E-state index is -0.678. The number of nitrogens with one attached hydrogen (secondary N) is 1. The van der Waals surface area contributed by atoms with E-state index in [1.165, 1.54) is 39.5 Å². The smallest absolute Gasteiger partial charge is 0.339 e. The van der Waals surface area contributed by atoms with Crippen molar-refractivity contribution in [2.45, 2.75) is 19.8 Å². The summed E-state index contributed by atoms with van der Waals surface area (Å²) in [7, 11) is 3.90. The van der Waals surface area contributed by atoms with Crippen LogP contribution in [0.5, 0.6) is 5.75 Å². The molecule has 0 aromatic heterocycles. The van der Waals surface area contributed by atoms with E-state index >= 15 is 0 Å². The first-order valence-electron chi connectivity index (χ1n) is 9.09. The molecule has 2 aromatic rings. The molecule has 0 saturated heterocycles. The molecule has 30 heavy (non-hydrogen) atoms. The molecule has 0 unspecified atom stereocenters. The van der Waals surface area contributed by atoms with Gasteiger partial charge in [-0.2, -0.15) is 0 Å². The second-order valence-electron chi connectivity index (χ2n) is 6.42. The molecule has 8 nitrogen and oxygen atoms in total. The highest BCUT2D eigenvalue weighted by molar-refractivity contribution is 6.05. The van der Waals surface area contributed by atoms with Gasteiger partial charge in [0.1, 0.15) is 5.75 Å². The second kappa shape index (κ2) is 10.2. The molecule has 1 amide bonds. The van der Waals surface area contributed by atoms with Crippen molar-refractivity contribution in [2.75, 3.05) is 26.6 Å². The number of ketones is 1. The number of aryl methyl sites for hydroxylation is 1. The van der Waals surface area contributed by atoms with E-state index < -0.39 is 17.8 Å². The number of ether oxygens (including phenoxy) is 3. The number of methoxy groups -OCH3 is 3. The van der Waals surface area contributed by atoms with Crippen molar-refractivity contribution in [3.05, 3.63) is 58.7 Å². The number of esters is 2. The van der Waals surface area contributed by atoms with Gasteiger partial charge in [-0.05, 0) is 37.3 Å². The summed E-state index contributed by atoms with van der Waals surface area (Å²) in [5.74, 6) is -1.61. The predicted molar refractivity (Wildman–Crippen MR) is 109 cm³/mol. The van der Waals surface area contributed by atoms with E-state index in [-0.39, 0.29) is 35.4 Å². The van der Waals surface area contributed by atoms with Crippen molar-refractivity contribution in [2.24, 2.45) is 0 Å². The third kappa shape index (κ3) is 5.44. The maximum absolute atomic E-state index is 12.5. The number of amides is 1. The van der Waals surface area contributed by atoms with Gasteiger partial charge in [-0.15, -0.1) is 0 Å². The van der Waals surface area contributed by atoms with Gasteiger partial charge in [0, 0.05) is 12.8 Å². The molecule has 0 aliphatic carbocycles. The molecule has 0 spiro atoms. The van der Waals surface area contributed by atoms with Gasteiger partial charge in [-0.3, -0.25) is 9.59 Å². The predicted octanol–water partition coefficient (Wildman–Crippen LogP) is 3.18. The summed E-state index contributed by atoms with van der Waals surface area (Å²) in [5, 5.41) is 2.56. The molecule has 0 aliphatic rings. The normalized spacial score (nSPS) is 10.1. The first kappa shape index (κ1) is 22.6. The van der Waals surface area contributed by atoms with Crippen LogP contribution < -0.4 is 10.1 Å². The molecule has 0 radical (unpaired) electrons. The fourth-order valence-corrected chi connectivity index (χ4v) is 2.79. The molecule has 1 N–H and O–H groups in total. The highest BCUT2D eigenvalue weighted by atomic mass is 16.5. The fourth-order valence-electron chi connectivity index (χ4n) is 2.79. The number of anilines is 1. The summed E-state index contributed by atoms with van der Waals surface area (Å²) < 4.78 is 14.6. The number of benzene rings is 2. The highest BCUT2D eigenvalue weighted by Gasteiger charge is 2.19. The molecule has 0 fully saturated rings. The molecule has 0 atom stereocenters. The van der Waals surface area contributed by atoms with Crippen molar-refractivity contribution in [1.82, 2.24) is 0 Å². The van der Waals surface area contributed by atoms with Crippen molar-refractivity contribution in [3.8, 4) is 5.75 Å². The van der Waals surface area contributed by atoms with Crippen molar-refractivity contribution >= 4 is 29.3 Å². The number of carbonyl (C=O) groups excluding carboxylic acids is 4. The van der Waals surface area contributed by atoms with Crippen LogP contribution >= 0.6 is 0 Å². The van der Waals surface area contributed by atoms with Gasteiger partial charge in [-0.1, -0.05) is 11.6 Å². The summed E-state index contributed by atoms with van der Waals surface area (Å²) in [6, 6.07) is 9.29. The SMILES string of the molecule is COC(=O)c1ccc(C(=O)OC)c(NC(=O)CCC(=O)c2cc(C)ccc2OC)c1. The first-order valence-corrected chi connectivity index (χ1v) is 9.09. The Morgan fingerprint density at radius 3 is 2.17 bits per heavy atom. The van der Waals surface area contributed by atoms with Gasteiger partial charge < -0.3 is 19.5 Å². The van der Waals surface area contributed by atoms with E-state index in [0.717, 1.165) is 5.56 Å². The molecule has 158 valence electrons. The van der Waals surface area contributed by atoms with Crippen molar-refractivity contribution in [3.63, 3.8) is 0 Å². The van der Waals surface area contributed by atoms with Gasteiger partial charge in [0.05, 0.1) is 43.7 Å². The Morgan fingerprint density at radius 2 is 1.53 bits per heavy atom. The highest BCUT2D eigenvalue weighted by Crippen LogP contribution is 2.23.